The summed E-state index contributed by atoms with van der Waals surface area (Å²) < 4.78 is 13.4. The first-order chi connectivity index (χ1) is 22.5. The average molecular weight is 658 g/mol. The number of rotatable bonds is 16. The number of carbonyl (C=O) groups excluding carboxylic acids is 2. The van der Waals surface area contributed by atoms with Gasteiger partial charge in [-0.3, -0.25) is 14.4 Å². The van der Waals surface area contributed by atoms with Crippen molar-refractivity contribution in [1.29, 1.82) is 0 Å². The molecule has 0 saturated heterocycles. The fourth-order valence-corrected chi connectivity index (χ4v) is 6.35. The lowest BCUT2D eigenvalue weighted by atomic mass is 9.98. The number of H-pyrrole nitrogens is 1. The van der Waals surface area contributed by atoms with E-state index >= 15 is 0 Å². The van der Waals surface area contributed by atoms with Crippen LogP contribution in [-0.2, 0) is 20.6 Å². The summed E-state index contributed by atoms with van der Waals surface area (Å²) in [5.74, 6) is 0.663. The van der Waals surface area contributed by atoms with Crippen molar-refractivity contribution in [3.63, 3.8) is 0 Å². The van der Waals surface area contributed by atoms with E-state index in [0.29, 0.717) is 37.2 Å². The minimum atomic E-state index is -2.15. The van der Waals surface area contributed by atoms with Crippen molar-refractivity contribution >= 4 is 32.0 Å². The largest absolute Gasteiger partial charge is 0.487 e. The molecule has 4 rings (SSSR count). The molecule has 0 saturated carbocycles. The quantitative estimate of drug-likeness (QED) is 0.0641. The molecule has 9 heteroatoms. The Kier molecular flexibility index (Phi) is 14.6. The molecule has 3 aromatic carbocycles. The SMILES string of the molecule is CCCCCC(NC[C@H](O[Si](C)(C)C(C)(C)C)c1ccc(OCc2ccccc2)c2[nH]c(=O)ccc12)c1ccccc1.O=CNC=O. The van der Waals surface area contributed by atoms with E-state index in [4.69, 9.17) is 18.8 Å². The molecular weight excluding hydrogens is 607 g/mol. The zero-order chi connectivity index (χ0) is 34.3. The lowest BCUT2D eigenvalue weighted by molar-refractivity contribution is -0.117. The van der Waals surface area contributed by atoms with Crippen LogP contribution in [0.5, 0.6) is 5.75 Å². The van der Waals surface area contributed by atoms with Crippen LogP contribution in [0.1, 0.15) is 82.2 Å². The van der Waals surface area contributed by atoms with Gasteiger partial charge in [0.1, 0.15) is 12.4 Å². The molecule has 252 valence electrons. The molecule has 0 fully saturated rings. The summed E-state index contributed by atoms with van der Waals surface area (Å²) in [6.45, 7) is 14.8. The van der Waals surface area contributed by atoms with Gasteiger partial charge in [0.2, 0.25) is 18.4 Å². The van der Waals surface area contributed by atoms with Gasteiger partial charge in [0.25, 0.3) is 0 Å². The maximum Gasteiger partial charge on any atom is 0.248 e. The van der Waals surface area contributed by atoms with E-state index in [9.17, 15) is 4.79 Å². The van der Waals surface area contributed by atoms with Crippen molar-refractivity contribution in [3.8, 4) is 5.75 Å². The molecule has 0 aliphatic rings. The molecule has 0 aliphatic carbocycles. The zero-order valence-electron chi connectivity index (χ0n) is 28.7. The number of ether oxygens (including phenoxy) is 1. The van der Waals surface area contributed by atoms with E-state index in [2.05, 4.69) is 87.5 Å². The Balaban J connectivity index is 0.00000111. The highest BCUT2D eigenvalue weighted by molar-refractivity contribution is 6.74. The summed E-state index contributed by atoms with van der Waals surface area (Å²) in [5, 5.41) is 6.65. The van der Waals surface area contributed by atoms with Crippen LogP contribution in [0.4, 0.5) is 0 Å². The van der Waals surface area contributed by atoms with Gasteiger partial charge in [0.05, 0.1) is 11.6 Å². The smallest absolute Gasteiger partial charge is 0.248 e. The summed E-state index contributed by atoms with van der Waals surface area (Å²) in [4.78, 5) is 33.7. The van der Waals surface area contributed by atoms with Gasteiger partial charge in [-0.25, -0.2) is 0 Å². The van der Waals surface area contributed by atoms with Gasteiger partial charge in [-0.05, 0) is 53.4 Å². The molecule has 4 aromatic rings. The summed E-state index contributed by atoms with van der Waals surface area (Å²) in [6, 6.07) is 28.7. The van der Waals surface area contributed by atoms with E-state index in [-0.39, 0.29) is 22.7 Å². The van der Waals surface area contributed by atoms with Crippen LogP contribution in [0.25, 0.3) is 10.9 Å². The fraction of sp³-hybridized carbons (Fsp3) is 0.395. The molecule has 1 unspecified atom stereocenters. The number of unbranched alkanes of at least 4 members (excludes halogenated alkanes) is 2. The van der Waals surface area contributed by atoms with Crippen LogP contribution in [0.3, 0.4) is 0 Å². The van der Waals surface area contributed by atoms with Crippen molar-refractivity contribution in [1.82, 2.24) is 15.6 Å². The number of aromatic nitrogens is 1. The normalized spacial score (nSPS) is 12.8. The number of imide groups is 1. The minimum absolute atomic E-state index is 0.0497. The monoisotopic (exact) mass is 657 g/mol. The zero-order valence-corrected chi connectivity index (χ0v) is 29.7. The number of amides is 2. The molecule has 2 atom stereocenters. The summed E-state index contributed by atoms with van der Waals surface area (Å²) >= 11 is 0. The van der Waals surface area contributed by atoms with E-state index in [0.717, 1.165) is 22.9 Å². The van der Waals surface area contributed by atoms with E-state index < -0.39 is 8.32 Å². The standard InChI is InChI=1S/C36H48N2O3Si.C2H3NO2/c1-7-8-11-20-31(28-18-14-10-15-19-28)37-25-33(41-42(5,6)36(2,3)4)29-21-23-32(35-30(29)22-24-34(39)38-35)40-26-27-16-12-9-13-17-27;4-1-3-2-5/h9-10,12-19,21-24,31,33,37H,7-8,11,20,25-26H2,1-6H3,(H,38,39);1-2H,(H,3,4,5)/t31?,33-;/m0./s1. The Morgan fingerprint density at radius 2 is 1.53 bits per heavy atom. The highest BCUT2D eigenvalue weighted by Crippen LogP contribution is 2.41. The molecule has 1 heterocycles. The molecule has 3 N–H and O–H groups in total. The number of nitrogens with one attached hydrogen (secondary N) is 3. The van der Waals surface area contributed by atoms with Gasteiger partial charge < -0.3 is 24.8 Å². The Morgan fingerprint density at radius 1 is 0.872 bits per heavy atom. The Bertz CT molecular complexity index is 1580. The highest BCUT2D eigenvalue weighted by atomic mass is 28.4. The first-order valence-corrected chi connectivity index (χ1v) is 19.3. The van der Waals surface area contributed by atoms with Crippen molar-refractivity contribution in [2.75, 3.05) is 6.54 Å². The lowest BCUT2D eigenvalue weighted by Gasteiger charge is -2.40. The Hall–Kier alpha value is -4.05. The van der Waals surface area contributed by atoms with Gasteiger partial charge >= 0.3 is 0 Å². The maximum absolute atomic E-state index is 12.5. The van der Waals surface area contributed by atoms with Crippen LogP contribution in [-0.4, -0.2) is 32.7 Å². The van der Waals surface area contributed by atoms with Crippen LogP contribution < -0.4 is 20.9 Å². The van der Waals surface area contributed by atoms with Crippen LogP contribution >= 0.6 is 0 Å². The highest BCUT2D eigenvalue weighted by Gasteiger charge is 2.40. The molecule has 1 aromatic heterocycles. The molecule has 47 heavy (non-hydrogen) atoms. The van der Waals surface area contributed by atoms with Crippen molar-refractivity contribution in [2.24, 2.45) is 0 Å². The van der Waals surface area contributed by atoms with Crippen molar-refractivity contribution in [2.45, 2.75) is 90.3 Å². The topological polar surface area (TPSA) is 110 Å². The molecule has 0 bridgehead atoms. The van der Waals surface area contributed by atoms with Gasteiger partial charge in [0, 0.05) is 24.0 Å². The number of fused-ring (bicyclic) bond motifs is 1. The van der Waals surface area contributed by atoms with Crippen molar-refractivity contribution in [3.05, 3.63) is 112 Å². The van der Waals surface area contributed by atoms with Gasteiger partial charge in [0.15, 0.2) is 8.32 Å². The van der Waals surface area contributed by atoms with Crippen LogP contribution in [0, 0.1) is 0 Å². The molecule has 0 radical (unpaired) electrons. The number of hydrogen-bond acceptors (Lipinski definition) is 6. The van der Waals surface area contributed by atoms with Crippen LogP contribution in [0.2, 0.25) is 18.1 Å². The van der Waals surface area contributed by atoms with E-state index in [1.165, 1.54) is 24.8 Å². The Morgan fingerprint density at radius 3 is 2.13 bits per heavy atom. The van der Waals surface area contributed by atoms with E-state index in [1.54, 1.807) is 11.4 Å². The van der Waals surface area contributed by atoms with Crippen molar-refractivity contribution < 1.29 is 18.8 Å². The van der Waals surface area contributed by atoms with Gasteiger partial charge in [-0.2, -0.15) is 0 Å². The molecular formula is C38H51N3O5Si. The van der Waals surface area contributed by atoms with Crippen LogP contribution in [0.15, 0.2) is 89.7 Å². The third kappa shape index (κ3) is 11.3. The minimum Gasteiger partial charge on any atom is -0.487 e. The third-order valence-electron chi connectivity index (χ3n) is 8.70. The summed E-state index contributed by atoms with van der Waals surface area (Å²) in [5.41, 5.74) is 4.00. The van der Waals surface area contributed by atoms with E-state index in [1.807, 2.05) is 42.5 Å². The third-order valence-corrected chi connectivity index (χ3v) is 13.2. The second-order valence-corrected chi connectivity index (χ2v) is 17.9. The first-order valence-electron chi connectivity index (χ1n) is 16.4. The molecule has 2 amide bonds. The second-order valence-electron chi connectivity index (χ2n) is 13.2. The predicted octanol–water partition coefficient (Wildman–Crippen LogP) is 7.97. The predicted molar refractivity (Wildman–Crippen MR) is 193 cm³/mol. The first kappa shape index (κ1) is 37.4. The summed E-state index contributed by atoms with van der Waals surface area (Å²) in [7, 11) is -2.15. The Labute approximate surface area is 280 Å². The number of hydrogen-bond donors (Lipinski definition) is 3. The number of pyridine rings is 1. The van der Waals surface area contributed by atoms with Gasteiger partial charge in [-0.15, -0.1) is 0 Å². The number of benzene rings is 3. The maximum atomic E-state index is 12.5. The number of carbonyl (C=O) groups is 2. The number of aromatic amines is 1. The fourth-order valence-electron chi connectivity index (χ4n) is 5.08. The summed E-state index contributed by atoms with van der Waals surface area (Å²) in [6.07, 6.45) is 5.10. The lowest BCUT2D eigenvalue weighted by Crippen LogP contribution is -2.44. The molecule has 0 spiro atoms. The molecule has 0 aliphatic heterocycles. The average Bonchev–Trinajstić information content (AvgIpc) is 3.05. The molecule has 8 nitrogen and oxygen atoms in total. The van der Waals surface area contributed by atoms with Gasteiger partial charge in [-0.1, -0.05) is 114 Å². The second kappa shape index (κ2) is 18.3.